The second-order valence-corrected chi connectivity index (χ2v) is 7.26. The molecule has 1 aromatic rings. The van der Waals surface area contributed by atoms with Crippen molar-refractivity contribution in [1.82, 2.24) is 5.32 Å². The molecule has 0 spiro atoms. The molecule has 0 fully saturated rings. The SMILES string of the molecule is Bc1ccc2c(c1)C(/C=C(\NC(=O)O)C(=O)OC)CN2C(=O)OC(C)(C)C. The average Bonchev–Trinajstić information content (AvgIpc) is 2.89. The van der Waals surface area contributed by atoms with Gasteiger partial charge in [0.25, 0.3) is 0 Å². The van der Waals surface area contributed by atoms with Gasteiger partial charge in [-0.25, -0.2) is 14.4 Å². The smallest absolute Gasteiger partial charge is 0.414 e. The number of ether oxygens (including phenoxy) is 2. The molecular weight excluding hydrogens is 351 g/mol. The average molecular weight is 374 g/mol. The zero-order chi connectivity index (χ0) is 20.4. The van der Waals surface area contributed by atoms with Crippen molar-refractivity contribution in [2.45, 2.75) is 32.3 Å². The summed E-state index contributed by atoms with van der Waals surface area (Å²) in [5.74, 6) is -1.20. The number of carbonyl (C=O) groups is 3. The Hall–Kier alpha value is -2.97. The van der Waals surface area contributed by atoms with E-state index in [0.29, 0.717) is 5.69 Å². The quantitative estimate of drug-likeness (QED) is 0.467. The normalized spacial score (nSPS) is 16.5. The Bertz CT molecular complexity index is 800. The van der Waals surface area contributed by atoms with Gasteiger partial charge in [0.05, 0.1) is 12.8 Å². The first-order valence-electron chi connectivity index (χ1n) is 8.43. The topological polar surface area (TPSA) is 105 Å². The number of carbonyl (C=O) groups excluding carboxylic acids is 2. The van der Waals surface area contributed by atoms with Crippen molar-refractivity contribution < 1.29 is 29.0 Å². The van der Waals surface area contributed by atoms with E-state index >= 15 is 0 Å². The lowest BCUT2D eigenvalue weighted by Crippen LogP contribution is -2.36. The Balaban J connectivity index is 2.43. The number of hydrogen-bond acceptors (Lipinski definition) is 5. The first-order chi connectivity index (χ1) is 12.5. The number of fused-ring (bicyclic) bond motifs is 1. The third-order valence-corrected chi connectivity index (χ3v) is 3.88. The molecule has 0 saturated carbocycles. The molecule has 27 heavy (non-hydrogen) atoms. The van der Waals surface area contributed by atoms with Crippen LogP contribution in [0.4, 0.5) is 15.3 Å². The molecule has 2 amide bonds. The molecule has 0 saturated heterocycles. The van der Waals surface area contributed by atoms with Gasteiger partial charge in [0.1, 0.15) is 19.1 Å². The number of nitrogens with one attached hydrogen (secondary N) is 1. The number of esters is 1. The van der Waals surface area contributed by atoms with Crippen molar-refractivity contribution in [3.8, 4) is 0 Å². The van der Waals surface area contributed by atoms with Gasteiger partial charge in [0, 0.05) is 12.5 Å². The van der Waals surface area contributed by atoms with E-state index in [1.165, 1.54) is 18.1 Å². The van der Waals surface area contributed by atoms with E-state index in [1.807, 2.05) is 26.0 Å². The maximum atomic E-state index is 12.6. The Morgan fingerprint density at radius 3 is 2.56 bits per heavy atom. The van der Waals surface area contributed by atoms with Gasteiger partial charge in [-0.1, -0.05) is 17.6 Å². The second-order valence-electron chi connectivity index (χ2n) is 7.26. The highest BCUT2D eigenvalue weighted by molar-refractivity contribution is 6.32. The molecule has 1 unspecified atom stereocenters. The van der Waals surface area contributed by atoms with Crippen molar-refractivity contribution >= 4 is 37.2 Å². The molecule has 0 aromatic heterocycles. The lowest BCUT2D eigenvalue weighted by molar-refractivity contribution is -0.136. The van der Waals surface area contributed by atoms with Crippen LogP contribution in [0.15, 0.2) is 30.0 Å². The first kappa shape index (κ1) is 20.3. The summed E-state index contributed by atoms with van der Waals surface area (Å²) in [5, 5.41) is 11.0. The molecule has 8 nitrogen and oxygen atoms in total. The maximum Gasteiger partial charge on any atom is 0.414 e. The van der Waals surface area contributed by atoms with Gasteiger partial charge in [-0.15, -0.1) is 0 Å². The summed E-state index contributed by atoms with van der Waals surface area (Å²) in [5.41, 5.74) is 1.58. The van der Waals surface area contributed by atoms with E-state index < -0.39 is 29.7 Å². The van der Waals surface area contributed by atoms with Crippen molar-refractivity contribution in [3.63, 3.8) is 0 Å². The van der Waals surface area contributed by atoms with E-state index in [1.54, 1.807) is 20.8 Å². The zero-order valence-corrected chi connectivity index (χ0v) is 16.0. The summed E-state index contributed by atoms with van der Waals surface area (Å²) < 4.78 is 10.1. The zero-order valence-electron chi connectivity index (χ0n) is 16.0. The van der Waals surface area contributed by atoms with Crippen LogP contribution in [-0.4, -0.2) is 50.4 Å². The second kappa shape index (κ2) is 7.73. The minimum Gasteiger partial charge on any atom is -0.465 e. The third-order valence-electron chi connectivity index (χ3n) is 3.88. The third kappa shape index (κ3) is 5.03. The number of carboxylic acid groups (broad SMARTS) is 1. The van der Waals surface area contributed by atoms with E-state index in [-0.39, 0.29) is 12.2 Å². The standard InChI is InChI=1S/C18H23BN2O6/c1-18(2,3)27-17(25)21-9-10(12-8-11(19)5-6-14(12)21)7-13(15(22)26-4)20-16(23)24/h5-8,10,20H,9,19H2,1-4H3,(H,23,24)/b13-7-. The van der Waals surface area contributed by atoms with Crippen LogP contribution in [0.2, 0.25) is 0 Å². The largest absolute Gasteiger partial charge is 0.465 e. The van der Waals surface area contributed by atoms with E-state index in [9.17, 15) is 14.4 Å². The van der Waals surface area contributed by atoms with Gasteiger partial charge >= 0.3 is 18.2 Å². The number of benzene rings is 1. The van der Waals surface area contributed by atoms with Crippen LogP contribution in [0.3, 0.4) is 0 Å². The Morgan fingerprint density at radius 1 is 1.33 bits per heavy atom. The predicted molar refractivity (Wildman–Crippen MR) is 102 cm³/mol. The number of rotatable bonds is 3. The van der Waals surface area contributed by atoms with Gasteiger partial charge in [-0.3, -0.25) is 10.2 Å². The van der Waals surface area contributed by atoms with Gasteiger partial charge in [0.2, 0.25) is 0 Å². The molecule has 9 heteroatoms. The Labute approximate surface area is 158 Å². The predicted octanol–water partition coefficient (Wildman–Crippen LogP) is 1.11. The van der Waals surface area contributed by atoms with Crippen LogP contribution in [0.25, 0.3) is 0 Å². The van der Waals surface area contributed by atoms with Crippen LogP contribution in [0.5, 0.6) is 0 Å². The molecule has 2 rings (SSSR count). The summed E-state index contributed by atoms with van der Waals surface area (Å²) in [6, 6.07) is 5.58. The monoisotopic (exact) mass is 374 g/mol. The fourth-order valence-corrected chi connectivity index (χ4v) is 2.83. The number of amides is 2. The summed E-state index contributed by atoms with van der Waals surface area (Å²) in [4.78, 5) is 37.0. The molecule has 1 atom stereocenters. The molecule has 2 N–H and O–H groups in total. The molecule has 0 radical (unpaired) electrons. The molecule has 144 valence electrons. The summed E-state index contributed by atoms with van der Waals surface area (Å²) in [6.45, 7) is 5.55. The van der Waals surface area contributed by atoms with Crippen molar-refractivity contribution in [2.24, 2.45) is 0 Å². The summed E-state index contributed by atoms with van der Waals surface area (Å²) in [6.07, 6.45) is -0.421. The van der Waals surface area contributed by atoms with E-state index in [2.05, 4.69) is 10.1 Å². The molecule has 1 heterocycles. The van der Waals surface area contributed by atoms with Gasteiger partial charge < -0.3 is 14.6 Å². The first-order valence-corrected chi connectivity index (χ1v) is 8.43. The van der Waals surface area contributed by atoms with E-state index in [4.69, 9.17) is 9.84 Å². The summed E-state index contributed by atoms with van der Waals surface area (Å²) in [7, 11) is 3.08. The molecule has 1 aliphatic heterocycles. The molecule has 0 aliphatic carbocycles. The van der Waals surface area contributed by atoms with Crippen LogP contribution >= 0.6 is 0 Å². The number of nitrogens with zero attached hydrogens (tertiary/aromatic N) is 1. The Morgan fingerprint density at radius 2 is 2.00 bits per heavy atom. The number of methoxy groups -OCH3 is 1. The lowest BCUT2D eigenvalue weighted by atomic mass is 9.90. The fraction of sp³-hybridized carbons (Fsp3) is 0.389. The van der Waals surface area contributed by atoms with Crippen LogP contribution in [-0.2, 0) is 14.3 Å². The highest BCUT2D eigenvalue weighted by Gasteiger charge is 2.34. The number of anilines is 1. The maximum absolute atomic E-state index is 12.6. The minimum atomic E-state index is -1.38. The molecule has 1 aliphatic rings. The van der Waals surface area contributed by atoms with Crippen LogP contribution < -0.4 is 15.7 Å². The number of hydrogen-bond donors (Lipinski definition) is 2. The molecule has 0 bridgehead atoms. The summed E-state index contributed by atoms with van der Waals surface area (Å²) >= 11 is 0. The van der Waals surface area contributed by atoms with Crippen LogP contribution in [0, 0.1) is 0 Å². The molecular formula is C18H23BN2O6. The van der Waals surface area contributed by atoms with Crippen molar-refractivity contribution in [1.29, 1.82) is 0 Å². The van der Waals surface area contributed by atoms with Crippen molar-refractivity contribution in [3.05, 3.63) is 35.5 Å². The van der Waals surface area contributed by atoms with Gasteiger partial charge in [0.15, 0.2) is 0 Å². The van der Waals surface area contributed by atoms with E-state index in [0.717, 1.165) is 11.0 Å². The van der Waals surface area contributed by atoms with Crippen LogP contribution in [0.1, 0.15) is 32.3 Å². The highest BCUT2D eigenvalue weighted by atomic mass is 16.6. The Kier molecular flexibility index (Phi) is 5.83. The minimum absolute atomic E-state index is 0.200. The lowest BCUT2D eigenvalue weighted by Gasteiger charge is -2.25. The van der Waals surface area contributed by atoms with Gasteiger partial charge in [-0.05, 0) is 38.5 Å². The van der Waals surface area contributed by atoms with Gasteiger partial charge in [-0.2, -0.15) is 0 Å². The molecule has 1 aromatic carbocycles. The van der Waals surface area contributed by atoms with Crippen molar-refractivity contribution in [2.75, 3.05) is 18.6 Å². The fourth-order valence-electron chi connectivity index (χ4n) is 2.83. The highest BCUT2D eigenvalue weighted by Crippen LogP contribution is 2.37.